The van der Waals surface area contributed by atoms with Gasteiger partial charge in [0.25, 0.3) is 0 Å². The van der Waals surface area contributed by atoms with Crippen LogP contribution < -0.4 is 19.9 Å². The van der Waals surface area contributed by atoms with Crippen LogP contribution in [0.15, 0.2) is 36.4 Å². The number of benzene rings is 2. The second kappa shape index (κ2) is 10.5. The summed E-state index contributed by atoms with van der Waals surface area (Å²) in [5, 5.41) is 6.32. The summed E-state index contributed by atoms with van der Waals surface area (Å²) in [6.45, 7) is 8.60. The van der Waals surface area contributed by atoms with Crippen molar-refractivity contribution in [2.75, 3.05) is 56.7 Å². The second-order valence-electron chi connectivity index (χ2n) is 11.2. The van der Waals surface area contributed by atoms with E-state index in [0.717, 1.165) is 44.1 Å². The number of aromatic nitrogens is 2. The molecule has 2 bridgehead atoms. The van der Waals surface area contributed by atoms with Crippen molar-refractivity contribution in [2.45, 2.75) is 57.7 Å². The Balaban J connectivity index is 0.000000372. The number of rotatable bonds is 3. The summed E-state index contributed by atoms with van der Waals surface area (Å²) in [6.07, 6.45) is 6.31. The lowest BCUT2D eigenvalue weighted by Crippen LogP contribution is -2.52. The van der Waals surface area contributed by atoms with Crippen molar-refractivity contribution in [2.24, 2.45) is 0 Å². The number of methoxy groups -OCH3 is 1. The monoisotopic (exact) mass is 500 g/mol. The van der Waals surface area contributed by atoms with Crippen LogP contribution in [0.2, 0.25) is 0 Å². The van der Waals surface area contributed by atoms with Crippen LogP contribution in [0.25, 0.3) is 10.8 Å². The number of likely N-dealkylation sites (tertiary alicyclic amines) is 1. The molecule has 1 N–H and O–H groups in total. The van der Waals surface area contributed by atoms with Gasteiger partial charge >= 0.3 is 6.01 Å². The summed E-state index contributed by atoms with van der Waals surface area (Å²) in [5.74, 6) is 1.09. The molecule has 7 nitrogen and oxygen atoms in total. The molecule has 0 spiro atoms. The summed E-state index contributed by atoms with van der Waals surface area (Å²) in [5.41, 5.74) is 4.97. The SMILES string of the molecule is CN1CCCC1.COc1nc2c(c(N3CC4CCC(C3)N4)n1)CCN(c1cccc3ccc(C)cc13)C2. The number of fused-ring (bicyclic) bond motifs is 4. The van der Waals surface area contributed by atoms with Gasteiger partial charge in [-0.2, -0.15) is 9.97 Å². The first-order valence-corrected chi connectivity index (χ1v) is 13.9. The van der Waals surface area contributed by atoms with E-state index in [9.17, 15) is 0 Å². The Morgan fingerprint density at radius 2 is 1.73 bits per heavy atom. The van der Waals surface area contributed by atoms with Gasteiger partial charge in [-0.15, -0.1) is 0 Å². The van der Waals surface area contributed by atoms with Crippen molar-refractivity contribution < 1.29 is 4.74 Å². The van der Waals surface area contributed by atoms with Crippen LogP contribution in [0, 0.1) is 6.92 Å². The number of ether oxygens (including phenoxy) is 1. The summed E-state index contributed by atoms with van der Waals surface area (Å²) in [6, 6.07) is 14.9. The van der Waals surface area contributed by atoms with Crippen molar-refractivity contribution in [1.82, 2.24) is 20.2 Å². The van der Waals surface area contributed by atoms with E-state index in [4.69, 9.17) is 14.7 Å². The fourth-order valence-electron chi connectivity index (χ4n) is 6.44. The molecule has 2 atom stereocenters. The summed E-state index contributed by atoms with van der Waals surface area (Å²) in [4.78, 5) is 16.9. The van der Waals surface area contributed by atoms with Gasteiger partial charge in [0.1, 0.15) is 5.82 Å². The van der Waals surface area contributed by atoms with Crippen LogP contribution in [0.1, 0.15) is 42.5 Å². The molecular formula is C30H40N6O. The average molecular weight is 501 g/mol. The Bertz CT molecular complexity index is 1240. The topological polar surface area (TPSA) is 56.8 Å². The van der Waals surface area contributed by atoms with E-state index < -0.39 is 0 Å². The van der Waals surface area contributed by atoms with E-state index in [0.29, 0.717) is 18.1 Å². The number of nitrogens with zero attached hydrogens (tertiary/aromatic N) is 5. The molecule has 3 saturated heterocycles. The smallest absolute Gasteiger partial charge is 0.318 e. The number of aryl methyl sites for hydroxylation is 1. The minimum Gasteiger partial charge on any atom is -0.467 e. The molecule has 0 radical (unpaired) electrons. The molecule has 2 aromatic carbocycles. The third kappa shape index (κ3) is 5.12. The molecule has 4 aliphatic rings. The van der Waals surface area contributed by atoms with Crippen LogP contribution in [0.5, 0.6) is 6.01 Å². The van der Waals surface area contributed by atoms with Gasteiger partial charge in [0.2, 0.25) is 0 Å². The zero-order valence-corrected chi connectivity index (χ0v) is 22.5. The molecule has 196 valence electrons. The molecule has 4 aliphatic heterocycles. The van der Waals surface area contributed by atoms with Crippen molar-refractivity contribution in [3.05, 3.63) is 53.2 Å². The third-order valence-corrected chi connectivity index (χ3v) is 8.41. The highest BCUT2D eigenvalue weighted by Gasteiger charge is 2.35. The highest BCUT2D eigenvalue weighted by Crippen LogP contribution is 2.35. The normalized spacial score (nSPS) is 23.1. The fourth-order valence-corrected chi connectivity index (χ4v) is 6.44. The molecule has 2 unspecified atom stereocenters. The molecule has 37 heavy (non-hydrogen) atoms. The predicted octanol–water partition coefficient (Wildman–Crippen LogP) is 4.16. The maximum Gasteiger partial charge on any atom is 0.318 e. The highest BCUT2D eigenvalue weighted by molar-refractivity contribution is 5.94. The summed E-state index contributed by atoms with van der Waals surface area (Å²) >= 11 is 0. The first-order valence-electron chi connectivity index (χ1n) is 13.9. The van der Waals surface area contributed by atoms with Gasteiger partial charge in [0.05, 0.1) is 19.3 Å². The van der Waals surface area contributed by atoms with Gasteiger partial charge in [-0.3, -0.25) is 0 Å². The van der Waals surface area contributed by atoms with Gasteiger partial charge < -0.3 is 24.8 Å². The van der Waals surface area contributed by atoms with Crippen LogP contribution in [-0.4, -0.2) is 73.8 Å². The largest absolute Gasteiger partial charge is 0.467 e. The van der Waals surface area contributed by atoms with E-state index in [-0.39, 0.29) is 0 Å². The number of hydrogen-bond acceptors (Lipinski definition) is 7. The number of nitrogens with one attached hydrogen (secondary N) is 1. The molecule has 0 saturated carbocycles. The van der Waals surface area contributed by atoms with Crippen LogP contribution >= 0.6 is 0 Å². The Morgan fingerprint density at radius 3 is 2.43 bits per heavy atom. The van der Waals surface area contributed by atoms with Gasteiger partial charge in [0.15, 0.2) is 0 Å². The molecule has 7 rings (SSSR count). The Labute approximate surface area is 220 Å². The third-order valence-electron chi connectivity index (χ3n) is 8.41. The van der Waals surface area contributed by atoms with E-state index in [1.807, 2.05) is 0 Å². The van der Waals surface area contributed by atoms with E-state index in [1.54, 1.807) is 7.11 Å². The summed E-state index contributed by atoms with van der Waals surface area (Å²) < 4.78 is 5.52. The van der Waals surface area contributed by atoms with Crippen LogP contribution in [-0.2, 0) is 13.0 Å². The first kappa shape index (κ1) is 24.4. The molecule has 3 fully saturated rings. The quantitative estimate of drug-likeness (QED) is 0.580. The molecule has 3 aromatic rings. The molecule has 5 heterocycles. The van der Waals surface area contributed by atoms with E-state index >= 15 is 0 Å². The number of anilines is 2. The van der Waals surface area contributed by atoms with Crippen molar-refractivity contribution in [1.29, 1.82) is 0 Å². The van der Waals surface area contributed by atoms with Crippen molar-refractivity contribution in [3.8, 4) is 6.01 Å². The van der Waals surface area contributed by atoms with Crippen LogP contribution in [0.4, 0.5) is 11.5 Å². The Kier molecular flexibility index (Phi) is 6.91. The number of hydrogen-bond donors (Lipinski definition) is 1. The maximum atomic E-state index is 5.52. The lowest BCUT2D eigenvalue weighted by molar-refractivity contribution is 0.374. The maximum absolute atomic E-state index is 5.52. The van der Waals surface area contributed by atoms with Crippen molar-refractivity contribution in [3.63, 3.8) is 0 Å². The Morgan fingerprint density at radius 1 is 0.946 bits per heavy atom. The molecule has 1 aromatic heterocycles. The zero-order valence-electron chi connectivity index (χ0n) is 22.5. The highest BCUT2D eigenvalue weighted by atomic mass is 16.5. The second-order valence-corrected chi connectivity index (χ2v) is 11.2. The Hall–Kier alpha value is -2.90. The van der Waals surface area contributed by atoms with Gasteiger partial charge in [-0.1, -0.05) is 29.8 Å². The molecule has 0 amide bonds. The van der Waals surface area contributed by atoms with Crippen LogP contribution in [0.3, 0.4) is 0 Å². The minimum atomic E-state index is 0.482. The lowest BCUT2D eigenvalue weighted by atomic mass is 10.0. The minimum absolute atomic E-state index is 0.482. The average Bonchev–Trinajstić information content (AvgIpc) is 3.54. The summed E-state index contributed by atoms with van der Waals surface area (Å²) in [7, 11) is 3.84. The molecule has 7 heteroatoms. The predicted molar refractivity (Wildman–Crippen MR) is 151 cm³/mol. The zero-order chi connectivity index (χ0) is 25.4. The van der Waals surface area contributed by atoms with Gasteiger partial charge in [0, 0.05) is 48.4 Å². The van der Waals surface area contributed by atoms with Gasteiger partial charge in [-0.05, 0) is 76.7 Å². The molecular weight excluding hydrogens is 460 g/mol. The first-order chi connectivity index (χ1) is 18.1. The number of piperazine rings is 1. The standard InChI is InChI=1S/C25H29N5O.C5H11N/c1-16-6-7-17-4-3-5-23(21(17)12-16)29-11-10-20-22(15-29)27-25(31-2)28-24(20)30-13-18-8-9-19(14-30)26-18;1-6-4-2-3-5-6/h3-7,12,18-19,26H,8-11,13-15H2,1-2H3;2-5H2,1H3. The molecule has 0 aliphatic carbocycles. The fraction of sp³-hybridized carbons (Fsp3) is 0.533. The van der Waals surface area contributed by atoms with Gasteiger partial charge in [-0.25, -0.2) is 0 Å². The lowest BCUT2D eigenvalue weighted by Gasteiger charge is -2.37. The van der Waals surface area contributed by atoms with Crippen molar-refractivity contribution >= 4 is 22.3 Å². The van der Waals surface area contributed by atoms with E-state index in [2.05, 4.69) is 70.4 Å². The van der Waals surface area contributed by atoms with E-state index in [1.165, 1.54) is 66.4 Å².